The molecule has 0 amide bonds. The molecule has 0 saturated heterocycles. The second-order valence-electron chi connectivity index (χ2n) is 8.21. The molecule has 1 aromatic rings. The van der Waals surface area contributed by atoms with Gasteiger partial charge >= 0.3 is 5.97 Å². The summed E-state index contributed by atoms with van der Waals surface area (Å²) in [6, 6.07) is 10.0. The number of carboxylic acid groups (broad SMARTS) is 1. The molecule has 1 rings (SSSR count). The van der Waals surface area contributed by atoms with E-state index >= 15 is 0 Å². The van der Waals surface area contributed by atoms with Crippen LogP contribution in [0.1, 0.15) is 109 Å². The summed E-state index contributed by atoms with van der Waals surface area (Å²) in [5.41, 5.74) is 1.10. The molecule has 1 aromatic carbocycles. The summed E-state index contributed by atoms with van der Waals surface area (Å²) in [5.74, 6) is -1.68. The maximum absolute atomic E-state index is 10.6. The fourth-order valence-corrected chi connectivity index (χ4v) is 3.59. The van der Waals surface area contributed by atoms with Crippen LogP contribution in [-0.4, -0.2) is 22.0 Å². The van der Waals surface area contributed by atoms with Crippen LogP contribution in [0.5, 0.6) is 0 Å². The van der Waals surface area contributed by atoms with E-state index in [1.165, 1.54) is 51.4 Å². The van der Waals surface area contributed by atoms with E-state index in [1.54, 1.807) is 0 Å². The molecule has 1 unspecified atom stereocenters. The number of unbranched alkanes of at least 4 members (excludes halogenated alkanes) is 11. The highest BCUT2D eigenvalue weighted by Crippen LogP contribution is 2.23. The minimum Gasteiger partial charge on any atom is -0.481 e. The molecule has 0 aromatic heterocycles. The van der Waals surface area contributed by atoms with Crippen molar-refractivity contribution < 1.29 is 19.7 Å². The molecule has 0 spiro atoms. The maximum Gasteiger partial charge on any atom is 0.303 e. The van der Waals surface area contributed by atoms with Gasteiger partial charge < -0.3 is 14.9 Å². The number of rotatable bonds is 19. The number of hydrogen-bond acceptors (Lipinski definition) is 3. The quantitative estimate of drug-likeness (QED) is 0.195. The molecule has 0 fully saturated rings. The van der Waals surface area contributed by atoms with Gasteiger partial charge in [0.05, 0.1) is 6.61 Å². The van der Waals surface area contributed by atoms with Crippen molar-refractivity contribution in [2.24, 2.45) is 0 Å². The highest BCUT2D eigenvalue weighted by molar-refractivity contribution is 5.66. The smallest absolute Gasteiger partial charge is 0.303 e. The monoisotopic (exact) mass is 406 g/mol. The SMILES string of the molecule is CCC(O)(CCCCCCCCCCCCCCC(=O)O)OCc1ccccc1. The van der Waals surface area contributed by atoms with Crippen molar-refractivity contribution in [3.63, 3.8) is 0 Å². The second-order valence-corrected chi connectivity index (χ2v) is 8.21. The van der Waals surface area contributed by atoms with Crippen molar-refractivity contribution in [3.05, 3.63) is 35.9 Å². The van der Waals surface area contributed by atoms with Crippen molar-refractivity contribution in [2.75, 3.05) is 0 Å². The van der Waals surface area contributed by atoms with Gasteiger partial charge in [-0.2, -0.15) is 0 Å². The third kappa shape index (κ3) is 14.3. The molecule has 0 aliphatic rings. The Morgan fingerprint density at radius 1 is 0.828 bits per heavy atom. The highest BCUT2D eigenvalue weighted by atomic mass is 16.6. The molecule has 0 aliphatic heterocycles. The van der Waals surface area contributed by atoms with Crippen LogP contribution in [-0.2, 0) is 16.1 Å². The predicted molar refractivity (Wildman–Crippen MR) is 119 cm³/mol. The van der Waals surface area contributed by atoms with E-state index in [4.69, 9.17) is 9.84 Å². The Kier molecular flexibility index (Phi) is 14.5. The molecular weight excluding hydrogens is 364 g/mol. The predicted octanol–water partition coefficient (Wildman–Crippen LogP) is 6.85. The number of aliphatic carboxylic acids is 1. The third-order valence-corrected chi connectivity index (χ3v) is 5.61. The molecule has 0 aliphatic carbocycles. The summed E-state index contributed by atoms with van der Waals surface area (Å²) in [7, 11) is 0. The average Bonchev–Trinajstić information content (AvgIpc) is 2.73. The molecule has 4 nitrogen and oxygen atoms in total. The van der Waals surface area contributed by atoms with Crippen LogP contribution < -0.4 is 0 Å². The molecule has 166 valence electrons. The normalized spacial score (nSPS) is 13.3. The third-order valence-electron chi connectivity index (χ3n) is 5.61. The van der Waals surface area contributed by atoms with E-state index < -0.39 is 11.8 Å². The molecule has 2 N–H and O–H groups in total. The summed E-state index contributed by atoms with van der Waals surface area (Å²) in [6.45, 7) is 2.45. The van der Waals surface area contributed by atoms with Gasteiger partial charge in [0.15, 0.2) is 5.79 Å². The molecule has 0 heterocycles. The van der Waals surface area contributed by atoms with Crippen LogP contribution in [0.4, 0.5) is 0 Å². The van der Waals surface area contributed by atoms with Crippen molar-refractivity contribution in [2.45, 2.75) is 116 Å². The summed E-state index contributed by atoms with van der Waals surface area (Å²) >= 11 is 0. The zero-order valence-electron chi connectivity index (χ0n) is 18.4. The van der Waals surface area contributed by atoms with Crippen LogP contribution >= 0.6 is 0 Å². The lowest BCUT2D eigenvalue weighted by atomic mass is 10.0. The van der Waals surface area contributed by atoms with E-state index in [9.17, 15) is 9.90 Å². The molecule has 4 heteroatoms. The van der Waals surface area contributed by atoms with Gasteiger partial charge in [0.25, 0.3) is 0 Å². The topological polar surface area (TPSA) is 66.8 Å². The van der Waals surface area contributed by atoms with Gasteiger partial charge in [0.2, 0.25) is 0 Å². The zero-order chi connectivity index (χ0) is 21.2. The molecule has 1 atom stereocenters. The first-order chi connectivity index (χ1) is 14.1. The molecule has 29 heavy (non-hydrogen) atoms. The second kappa shape index (κ2) is 16.4. The first-order valence-corrected chi connectivity index (χ1v) is 11.7. The number of aliphatic hydroxyl groups is 1. The summed E-state index contributed by atoms with van der Waals surface area (Å²) in [4.78, 5) is 10.4. The molecule has 0 saturated carbocycles. The Morgan fingerprint density at radius 3 is 1.79 bits per heavy atom. The zero-order valence-corrected chi connectivity index (χ0v) is 18.4. The standard InChI is InChI=1S/C25H42O4/c1-2-25(28,29-22-23-18-14-13-15-19-23)21-17-12-10-8-6-4-3-5-7-9-11-16-20-24(26)27/h13-15,18-19,28H,2-12,16-17,20-22H2,1H3,(H,26,27). The highest BCUT2D eigenvalue weighted by Gasteiger charge is 2.24. The van der Waals surface area contributed by atoms with Crippen LogP contribution in [0.3, 0.4) is 0 Å². The van der Waals surface area contributed by atoms with Crippen molar-refractivity contribution in [1.29, 1.82) is 0 Å². The van der Waals surface area contributed by atoms with E-state index in [1.807, 2.05) is 37.3 Å². The van der Waals surface area contributed by atoms with E-state index in [0.717, 1.165) is 31.2 Å². The van der Waals surface area contributed by atoms with Gasteiger partial charge in [0.1, 0.15) is 0 Å². The summed E-state index contributed by atoms with van der Waals surface area (Å²) < 4.78 is 5.81. The van der Waals surface area contributed by atoms with E-state index in [2.05, 4.69) is 0 Å². The Labute approximate surface area is 177 Å². The van der Waals surface area contributed by atoms with Gasteiger partial charge in [-0.25, -0.2) is 0 Å². The van der Waals surface area contributed by atoms with Gasteiger partial charge in [-0.1, -0.05) is 101 Å². The number of benzene rings is 1. The first-order valence-electron chi connectivity index (χ1n) is 11.7. The summed E-state index contributed by atoms with van der Waals surface area (Å²) in [5, 5.41) is 19.2. The van der Waals surface area contributed by atoms with Crippen molar-refractivity contribution >= 4 is 5.97 Å². The fourth-order valence-electron chi connectivity index (χ4n) is 3.59. The van der Waals surface area contributed by atoms with Gasteiger partial charge in [-0.3, -0.25) is 4.79 Å². The van der Waals surface area contributed by atoms with Crippen LogP contribution in [0.25, 0.3) is 0 Å². The lowest BCUT2D eigenvalue weighted by Crippen LogP contribution is -2.31. The van der Waals surface area contributed by atoms with Gasteiger partial charge in [0, 0.05) is 12.8 Å². The Balaban J connectivity index is 1.92. The molecule has 0 radical (unpaired) electrons. The molecular formula is C25H42O4. The number of carboxylic acids is 1. The Morgan fingerprint density at radius 2 is 1.31 bits per heavy atom. The van der Waals surface area contributed by atoms with E-state index in [0.29, 0.717) is 25.9 Å². The lowest BCUT2D eigenvalue weighted by molar-refractivity contribution is -0.217. The number of ether oxygens (including phenoxy) is 1. The Hall–Kier alpha value is -1.39. The van der Waals surface area contributed by atoms with E-state index in [-0.39, 0.29) is 0 Å². The first kappa shape index (κ1) is 25.6. The van der Waals surface area contributed by atoms with Crippen LogP contribution in [0.15, 0.2) is 30.3 Å². The minimum absolute atomic E-state index is 0.314. The number of carbonyl (C=O) groups is 1. The maximum atomic E-state index is 10.6. The summed E-state index contributed by atoms with van der Waals surface area (Å²) in [6.07, 6.45) is 15.7. The average molecular weight is 407 g/mol. The Bertz CT molecular complexity index is 517. The van der Waals surface area contributed by atoms with Gasteiger partial charge in [-0.05, 0) is 24.8 Å². The number of hydrogen-bond donors (Lipinski definition) is 2. The molecule has 0 bridgehead atoms. The largest absolute Gasteiger partial charge is 0.481 e. The van der Waals surface area contributed by atoms with Crippen LogP contribution in [0, 0.1) is 0 Å². The lowest BCUT2D eigenvalue weighted by Gasteiger charge is -2.27. The minimum atomic E-state index is -1.000. The van der Waals surface area contributed by atoms with Gasteiger partial charge in [-0.15, -0.1) is 0 Å². The van der Waals surface area contributed by atoms with Crippen LogP contribution in [0.2, 0.25) is 0 Å². The van der Waals surface area contributed by atoms with Crippen molar-refractivity contribution in [3.8, 4) is 0 Å². The fraction of sp³-hybridized carbons (Fsp3) is 0.720. The van der Waals surface area contributed by atoms with Crippen molar-refractivity contribution in [1.82, 2.24) is 0 Å².